The predicted molar refractivity (Wildman–Crippen MR) is 178 cm³/mol. The van der Waals surface area contributed by atoms with E-state index in [0.29, 0.717) is 0 Å². The summed E-state index contributed by atoms with van der Waals surface area (Å²) in [5.41, 5.74) is 17.4. The summed E-state index contributed by atoms with van der Waals surface area (Å²) in [5.74, 6) is 0. The van der Waals surface area contributed by atoms with Crippen LogP contribution in [0.15, 0.2) is 152 Å². The maximum absolute atomic E-state index is 5.02. The van der Waals surface area contributed by atoms with Crippen molar-refractivity contribution in [3.05, 3.63) is 196 Å². The SMILES string of the molecule is c1ccc2c(c1)-c1ncccc1C21c2ccccc2N2c3ccccc3C3(c4ccccc4-c4ncccc43)c3cccc1c32. The van der Waals surface area contributed by atoms with E-state index in [-0.39, 0.29) is 0 Å². The molecule has 3 nitrogen and oxygen atoms in total. The van der Waals surface area contributed by atoms with Gasteiger partial charge in [-0.1, -0.05) is 115 Å². The molecule has 3 heteroatoms. The Labute approximate surface area is 261 Å². The van der Waals surface area contributed by atoms with Crippen molar-refractivity contribution in [2.45, 2.75) is 10.8 Å². The van der Waals surface area contributed by atoms with Crippen LogP contribution in [0.5, 0.6) is 0 Å². The summed E-state index contributed by atoms with van der Waals surface area (Å²) in [4.78, 5) is 12.6. The molecule has 11 rings (SSSR count). The van der Waals surface area contributed by atoms with Crippen molar-refractivity contribution in [3.63, 3.8) is 0 Å². The third kappa shape index (κ3) is 2.48. The van der Waals surface area contributed by atoms with Gasteiger partial charge in [0.15, 0.2) is 0 Å². The van der Waals surface area contributed by atoms with Crippen LogP contribution in [-0.2, 0) is 10.8 Å². The molecular weight excluding hydrogens is 546 g/mol. The first-order valence-corrected chi connectivity index (χ1v) is 15.6. The number of fused-ring (bicyclic) bond motifs is 18. The van der Waals surface area contributed by atoms with Crippen molar-refractivity contribution in [2.75, 3.05) is 4.90 Å². The highest BCUT2D eigenvalue weighted by molar-refractivity contribution is 6.01. The van der Waals surface area contributed by atoms with Crippen LogP contribution in [0.3, 0.4) is 0 Å². The molecule has 2 aromatic heterocycles. The van der Waals surface area contributed by atoms with Gasteiger partial charge in [0.2, 0.25) is 0 Å². The quantitative estimate of drug-likeness (QED) is 0.182. The van der Waals surface area contributed by atoms with Gasteiger partial charge < -0.3 is 4.90 Å². The van der Waals surface area contributed by atoms with Crippen LogP contribution in [0.25, 0.3) is 22.5 Å². The van der Waals surface area contributed by atoms with E-state index in [0.717, 1.165) is 11.4 Å². The summed E-state index contributed by atoms with van der Waals surface area (Å²) in [6.45, 7) is 0. The van der Waals surface area contributed by atoms with Gasteiger partial charge in [0.05, 0.1) is 39.3 Å². The molecule has 208 valence electrons. The molecule has 0 N–H and O–H groups in total. The van der Waals surface area contributed by atoms with E-state index in [4.69, 9.17) is 9.97 Å². The Bertz CT molecular complexity index is 2170. The lowest BCUT2D eigenvalue weighted by Crippen LogP contribution is -2.42. The summed E-state index contributed by atoms with van der Waals surface area (Å²) in [5, 5.41) is 0. The van der Waals surface area contributed by atoms with Gasteiger partial charge in [0.1, 0.15) is 0 Å². The van der Waals surface area contributed by atoms with Crippen LogP contribution in [0.1, 0.15) is 44.5 Å². The second-order valence-corrected chi connectivity index (χ2v) is 12.5. The fourth-order valence-corrected chi connectivity index (χ4v) is 9.35. The summed E-state index contributed by atoms with van der Waals surface area (Å²) in [7, 11) is 0. The highest BCUT2D eigenvalue weighted by Crippen LogP contribution is 2.69. The molecule has 2 spiro atoms. The lowest BCUT2D eigenvalue weighted by atomic mass is 9.59. The van der Waals surface area contributed by atoms with Crippen molar-refractivity contribution >= 4 is 17.1 Å². The molecule has 4 aliphatic rings. The van der Waals surface area contributed by atoms with Crippen LogP contribution in [0, 0.1) is 0 Å². The normalized spacial score (nSPS) is 20.1. The predicted octanol–water partition coefficient (Wildman–Crippen LogP) is 9.30. The van der Waals surface area contributed by atoms with Gasteiger partial charge in [0, 0.05) is 23.5 Å². The maximum Gasteiger partial charge on any atom is 0.0770 e. The Morgan fingerprint density at radius 3 is 1.27 bits per heavy atom. The number of nitrogens with zero attached hydrogens (tertiary/aromatic N) is 3. The van der Waals surface area contributed by atoms with Crippen LogP contribution in [0.2, 0.25) is 0 Å². The largest absolute Gasteiger partial charge is 0.309 e. The monoisotopic (exact) mass is 571 g/mol. The van der Waals surface area contributed by atoms with Gasteiger partial charge in [-0.25, -0.2) is 0 Å². The first kappa shape index (κ1) is 23.6. The van der Waals surface area contributed by atoms with E-state index >= 15 is 0 Å². The lowest BCUT2D eigenvalue weighted by molar-refractivity contribution is 0.707. The van der Waals surface area contributed by atoms with E-state index in [2.05, 4.69) is 144 Å². The second-order valence-electron chi connectivity index (χ2n) is 12.5. The average Bonchev–Trinajstić information content (AvgIpc) is 3.57. The minimum Gasteiger partial charge on any atom is -0.309 e. The average molecular weight is 572 g/mol. The standard InChI is InChI=1S/C42H25N3/c1-3-14-28-26(12-1)38-32(20-10-24-43-38)41(28)30-16-5-7-22-36(30)45-37-23-8-6-17-31(37)42(35-19-9-18-34(41)40(35)45)29-15-4-2-13-27(29)39-33(42)21-11-25-44-39/h1-25H. The van der Waals surface area contributed by atoms with Crippen LogP contribution >= 0.6 is 0 Å². The summed E-state index contributed by atoms with van der Waals surface area (Å²) >= 11 is 0. The van der Waals surface area contributed by atoms with Crippen molar-refractivity contribution in [1.29, 1.82) is 0 Å². The molecule has 4 heterocycles. The molecule has 0 bridgehead atoms. The Balaban J connectivity index is 1.38. The molecule has 2 unspecified atom stereocenters. The minimum atomic E-state index is -0.512. The zero-order valence-electron chi connectivity index (χ0n) is 24.3. The number of para-hydroxylation sites is 3. The Kier molecular flexibility index (Phi) is 4.21. The molecule has 7 aromatic rings. The van der Waals surface area contributed by atoms with E-state index in [1.54, 1.807) is 0 Å². The van der Waals surface area contributed by atoms with Gasteiger partial charge in [-0.05, 0) is 68.8 Å². The molecule has 2 aliphatic heterocycles. The number of pyridine rings is 2. The molecule has 0 fully saturated rings. The van der Waals surface area contributed by atoms with Crippen molar-refractivity contribution < 1.29 is 0 Å². The zero-order chi connectivity index (χ0) is 29.3. The van der Waals surface area contributed by atoms with Crippen molar-refractivity contribution in [2.24, 2.45) is 0 Å². The number of hydrogen-bond acceptors (Lipinski definition) is 3. The number of hydrogen-bond donors (Lipinski definition) is 0. The Morgan fingerprint density at radius 1 is 0.356 bits per heavy atom. The highest BCUT2D eigenvalue weighted by Gasteiger charge is 2.58. The number of aromatic nitrogens is 2. The van der Waals surface area contributed by atoms with Crippen LogP contribution in [0.4, 0.5) is 17.1 Å². The van der Waals surface area contributed by atoms with E-state index in [1.165, 1.54) is 72.7 Å². The topological polar surface area (TPSA) is 29.0 Å². The third-order valence-corrected chi connectivity index (χ3v) is 10.8. The molecular formula is C42H25N3. The highest BCUT2D eigenvalue weighted by atomic mass is 15.2. The first-order valence-electron chi connectivity index (χ1n) is 15.6. The van der Waals surface area contributed by atoms with Crippen molar-refractivity contribution in [1.82, 2.24) is 9.97 Å². The Morgan fingerprint density at radius 2 is 0.756 bits per heavy atom. The molecule has 0 radical (unpaired) electrons. The number of benzene rings is 5. The summed E-state index contributed by atoms with van der Waals surface area (Å²) in [6.07, 6.45) is 3.86. The van der Waals surface area contributed by atoms with Gasteiger partial charge in [-0.2, -0.15) is 0 Å². The van der Waals surface area contributed by atoms with E-state index in [1.807, 2.05) is 12.4 Å². The summed E-state index contributed by atoms with van der Waals surface area (Å²) in [6, 6.07) is 51.6. The fourth-order valence-electron chi connectivity index (χ4n) is 9.35. The van der Waals surface area contributed by atoms with E-state index < -0.39 is 10.8 Å². The van der Waals surface area contributed by atoms with E-state index in [9.17, 15) is 0 Å². The molecule has 2 aliphatic carbocycles. The zero-order valence-corrected chi connectivity index (χ0v) is 24.3. The third-order valence-electron chi connectivity index (χ3n) is 10.8. The smallest absolute Gasteiger partial charge is 0.0770 e. The molecule has 0 saturated carbocycles. The molecule has 45 heavy (non-hydrogen) atoms. The van der Waals surface area contributed by atoms with Gasteiger partial charge in [-0.15, -0.1) is 0 Å². The van der Waals surface area contributed by atoms with Crippen LogP contribution in [-0.4, -0.2) is 9.97 Å². The van der Waals surface area contributed by atoms with Crippen molar-refractivity contribution in [3.8, 4) is 22.5 Å². The van der Waals surface area contributed by atoms with Crippen LogP contribution < -0.4 is 4.90 Å². The second kappa shape index (κ2) is 8.02. The molecule has 0 amide bonds. The lowest BCUT2D eigenvalue weighted by Gasteiger charge is -2.51. The summed E-state index contributed by atoms with van der Waals surface area (Å²) < 4.78 is 0. The van der Waals surface area contributed by atoms with Gasteiger partial charge in [-0.3, -0.25) is 9.97 Å². The van der Waals surface area contributed by atoms with Gasteiger partial charge >= 0.3 is 0 Å². The first-order chi connectivity index (χ1) is 22.4. The van der Waals surface area contributed by atoms with Gasteiger partial charge in [0.25, 0.3) is 0 Å². The minimum absolute atomic E-state index is 0.512. The maximum atomic E-state index is 5.02. The molecule has 2 atom stereocenters. The molecule has 0 saturated heterocycles. The number of rotatable bonds is 0. The Hall–Kier alpha value is -5.80. The fraction of sp³-hybridized carbons (Fsp3) is 0.0476. The molecule has 5 aromatic carbocycles. The number of anilines is 3.